The van der Waals surface area contributed by atoms with Crippen LogP contribution in [0, 0.1) is 5.82 Å². The highest BCUT2D eigenvalue weighted by Crippen LogP contribution is 2.23. The number of nitrogens with one attached hydrogen (secondary N) is 1. The van der Waals surface area contributed by atoms with Crippen LogP contribution in [0.2, 0.25) is 5.02 Å². The van der Waals surface area contributed by atoms with Crippen molar-refractivity contribution in [2.75, 3.05) is 26.0 Å². The van der Waals surface area contributed by atoms with Crippen LogP contribution < -0.4 is 9.46 Å². The zero-order valence-corrected chi connectivity index (χ0v) is 22.0. The molecule has 3 rings (SSSR count). The van der Waals surface area contributed by atoms with E-state index in [4.69, 9.17) is 16.3 Å². The third kappa shape index (κ3) is 8.14. The molecule has 1 N–H and O–H groups in total. The Kier molecular flexibility index (Phi) is 9.26. The molecule has 0 bridgehead atoms. The van der Waals surface area contributed by atoms with E-state index in [-0.39, 0.29) is 49.1 Å². The van der Waals surface area contributed by atoms with Crippen molar-refractivity contribution in [3.63, 3.8) is 0 Å². The summed E-state index contributed by atoms with van der Waals surface area (Å²) in [6, 6.07) is 8.01. The minimum atomic E-state index is -3.65. The van der Waals surface area contributed by atoms with Gasteiger partial charge in [0.25, 0.3) is 5.91 Å². The summed E-state index contributed by atoms with van der Waals surface area (Å²) in [6.07, 6.45) is 2.29. The van der Waals surface area contributed by atoms with Crippen LogP contribution in [0.25, 0.3) is 0 Å². The summed E-state index contributed by atoms with van der Waals surface area (Å²) in [5.41, 5.74) is 1.50. The average Bonchev–Trinajstić information content (AvgIpc) is 2.79. The lowest BCUT2D eigenvalue weighted by Crippen LogP contribution is -2.58. The van der Waals surface area contributed by atoms with Crippen LogP contribution in [0.3, 0.4) is 0 Å². The largest absolute Gasteiger partial charge is 0.467 e. The van der Waals surface area contributed by atoms with Crippen LogP contribution >= 0.6 is 11.6 Å². The van der Waals surface area contributed by atoms with Crippen LogP contribution in [0.4, 0.5) is 4.39 Å². The number of halogens is 2. The fourth-order valence-electron chi connectivity index (χ4n) is 4.09. The Bertz CT molecular complexity index is 1200. The van der Waals surface area contributed by atoms with E-state index < -0.39 is 15.9 Å². The number of ether oxygens (including phenoxy) is 1. The van der Waals surface area contributed by atoms with Crippen molar-refractivity contribution in [3.8, 4) is 5.88 Å². The first-order valence-electron chi connectivity index (χ1n) is 11.5. The van der Waals surface area contributed by atoms with Crippen molar-refractivity contribution >= 4 is 33.4 Å². The first-order valence-corrected chi connectivity index (χ1v) is 13.7. The van der Waals surface area contributed by atoms with E-state index in [2.05, 4.69) is 9.88 Å². The number of hydrogen-bond acceptors (Lipinski definition) is 7. The summed E-state index contributed by atoms with van der Waals surface area (Å²) in [5.74, 6) is -0.976. The fraction of sp³-hybridized carbons (Fsp3) is 0.458. The number of rotatable bonds is 9. The highest BCUT2D eigenvalue weighted by atomic mass is 35.5. The van der Waals surface area contributed by atoms with Crippen molar-refractivity contribution in [1.29, 1.82) is 0 Å². The molecule has 2 aromatic rings. The van der Waals surface area contributed by atoms with Gasteiger partial charge < -0.3 is 9.64 Å². The normalized spacial score (nSPS) is 18.6. The molecule has 196 valence electrons. The van der Waals surface area contributed by atoms with E-state index in [1.165, 1.54) is 18.3 Å². The maximum atomic E-state index is 13.2. The van der Waals surface area contributed by atoms with Gasteiger partial charge in [-0.25, -0.2) is 17.8 Å². The lowest BCUT2D eigenvalue weighted by atomic mass is 10.1. The number of benzene rings is 1. The van der Waals surface area contributed by atoms with Crippen LogP contribution in [0.15, 0.2) is 36.5 Å². The second-order valence-electron chi connectivity index (χ2n) is 9.00. The molecule has 2 heterocycles. The first kappa shape index (κ1) is 27.8. The van der Waals surface area contributed by atoms with Crippen molar-refractivity contribution in [2.24, 2.45) is 0 Å². The summed E-state index contributed by atoms with van der Waals surface area (Å²) in [6.45, 7) is 5.59. The smallest absolute Gasteiger partial charge is 0.260 e. The van der Waals surface area contributed by atoms with E-state index in [0.29, 0.717) is 30.2 Å². The summed E-state index contributed by atoms with van der Waals surface area (Å²) in [5, 5.41) is 0.326. The number of carbonyl (C=O) groups is 2. The molecular formula is C24H30ClFN4O5S. The van der Waals surface area contributed by atoms with E-state index in [0.717, 1.165) is 11.8 Å². The number of pyridine rings is 1. The molecule has 0 spiro atoms. The highest BCUT2D eigenvalue weighted by Gasteiger charge is 2.32. The number of sulfonamides is 1. The maximum absolute atomic E-state index is 13.2. The monoisotopic (exact) mass is 540 g/mol. The molecule has 1 fully saturated rings. The predicted molar refractivity (Wildman–Crippen MR) is 133 cm³/mol. The average molecular weight is 541 g/mol. The minimum Gasteiger partial charge on any atom is -0.467 e. The quantitative estimate of drug-likeness (QED) is 0.520. The lowest BCUT2D eigenvalue weighted by Gasteiger charge is -2.44. The Balaban J connectivity index is 1.57. The molecule has 2 atom stereocenters. The number of nitrogens with zero attached hydrogens (tertiary/aromatic N) is 3. The molecule has 1 saturated heterocycles. The highest BCUT2D eigenvalue weighted by molar-refractivity contribution is 7.89. The molecule has 1 aliphatic rings. The van der Waals surface area contributed by atoms with Crippen LogP contribution in [0.5, 0.6) is 5.88 Å². The second kappa shape index (κ2) is 12.0. The van der Waals surface area contributed by atoms with Gasteiger partial charge in [0.05, 0.1) is 11.3 Å². The Morgan fingerprint density at radius 2 is 1.89 bits per heavy atom. The van der Waals surface area contributed by atoms with Crippen LogP contribution in [-0.2, 0) is 32.6 Å². The van der Waals surface area contributed by atoms with Crippen molar-refractivity contribution < 1.29 is 27.1 Å². The third-order valence-corrected chi connectivity index (χ3v) is 6.68. The van der Waals surface area contributed by atoms with Gasteiger partial charge in [0.1, 0.15) is 5.82 Å². The van der Waals surface area contributed by atoms with Gasteiger partial charge in [0, 0.05) is 49.9 Å². The number of aromatic nitrogens is 1. The predicted octanol–water partition coefficient (Wildman–Crippen LogP) is 2.38. The molecule has 36 heavy (non-hydrogen) atoms. The number of aryl methyl sites for hydroxylation is 1. The van der Waals surface area contributed by atoms with Gasteiger partial charge in [-0.05, 0) is 44.0 Å². The van der Waals surface area contributed by atoms with Gasteiger partial charge in [0.15, 0.2) is 6.61 Å². The van der Waals surface area contributed by atoms with Crippen LogP contribution in [-0.4, -0.2) is 73.1 Å². The van der Waals surface area contributed by atoms with Gasteiger partial charge in [-0.1, -0.05) is 23.7 Å². The molecule has 9 nitrogen and oxygen atoms in total. The Hall–Kier alpha value is -2.76. The van der Waals surface area contributed by atoms with Crippen LogP contribution in [0.1, 0.15) is 31.4 Å². The van der Waals surface area contributed by atoms with E-state index in [1.807, 2.05) is 18.6 Å². The molecule has 2 amide bonds. The number of carbonyl (C=O) groups excluding carboxylic acids is 2. The molecular weight excluding hydrogens is 511 g/mol. The SMILES string of the molecule is C[C@@H]1CN(Cc2ccc(F)cc2)[C@@H](C)CN1C(=O)COc1ncc(Cl)cc1CCC(=O)NS(C)(=O)=O. The van der Waals surface area contributed by atoms with E-state index in [9.17, 15) is 22.4 Å². The van der Waals surface area contributed by atoms with E-state index >= 15 is 0 Å². The van der Waals surface area contributed by atoms with Gasteiger partial charge in [-0.15, -0.1) is 0 Å². The summed E-state index contributed by atoms with van der Waals surface area (Å²) < 4.78 is 43.3. The molecule has 0 radical (unpaired) electrons. The Morgan fingerprint density at radius 3 is 2.56 bits per heavy atom. The first-order chi connectivity index (χ1) is 16.9. The minimum absolute atomic E-state index is 0.0601. The van der Waals surface area contributed by atoms with Crippen molar-refractivity contribution in [3.05, 3.63) is 58.5 Å². The topological polar surface area (TPSA) is 109 Å². The van der Waals surface area contributed by atoms with Crippen molar-refractivity contribution in [2.45, 2.75) is 45.3 Å². The Morgan fingerprint density at radius 1 is 1.19 bits per heavy atom. The summed E-state index contributed by atoms with van der Waals surface area (Å²) in [4.78, 5) is 33.0. The zero-order valence-electron chi connectivity index (χ0n) is 20.4. The molecule has 1 aromatic carbocycles. The molecule has 12 heteroatoms. The Labute approximate surface area is 215 Å². The number of hydrogen-bond donors (Lipinski definition) is 1. The second-order valence-corrected chi connectivity index (χ2v) is 11.2. The van der Waals surface area contributed by atoms with Gasteiger partial charge >= 0.3 is 0 Å². The summed E-state index contributed by atoms with van der Waals surface area (Å²) in [7, 11) is -3.65. The molecule has 1 aromatic heterocycles. The molecule has 0 saturated carbocycles. The number of piperazine rings is 1. The molecule has 0 unspecified atom stereocenters. The van der Waals surface area contributed by atoms with E-state index in [1.54, 1.807) is 23.1 Å². The van der Waals surface area contributed by atoms with Crippen molar-refractivity contribution in [1.82, 2.24) is 19.5 Å². The maximum Gasteiger partial charge on any atom is 0.260 e. The van der Waals surface area contributed by atoms with Gasteiger partial charge in [-0.3, -0.25) is 19.2 Å². The van der Waals surface area contributed by atoms with Gasteiger partial charge in [0.2, 0.25) is 21.8 Å². The fourth-order valence-corrected chi connectivity index (χ4v) is 4.78. The molecule has 1 aliphatic heterocycles. The zero-order chi connectivity index (χ0) is 26.5. The van der Waals surface area contributed by atoms with Gasteiger partial charge in [-0.2, -0.15) is 0 Å². The number of amides is 2. The third-order valence-electron chi connectivity index (χ3n) is 5.88. The lowest BCUT2D eigenvalue weighted by molar-refractivity contribution is -0.139. The summed E-state index contributed by atoms with van der Waals surface area (Å²) >= 11 is 6.02. The molecule has 0 aliphatic carbocycles. The standard InChI is InChI=1S/C24H30ClFN4O5S/c1-16-13-30(17(2)12-29(16)14-18-4-7-21(26)8-5-18)23(32)15-35-24-19(10-20(25)11-27-24)6-9-22(31)28-36(3,33)34/h4-5,7-8,10-11,16-17H,6,9,12-15H2,1-3H3,(H,28,31)/t16-,17+/m0/s1.